The third-order valence-electron chi connectivity index (χ3n) is 3.13. The van der Waals surface area contributed by atoms with E-state index in [0.717, 1.165) is 24.9 Å². The van der Waals surface area contributed by atoms with Crippen molar-refractivity contribution in [2.75, 3.05) is 26.7 Å². The highest BCUT2D eigenvalue weighted by Gasteiger charge is 2.09. The highest BCUT2D eigenvalue weighted by molar-refractivity contribution is 5.79. The fourth-order valence-electron chi connectivity index (χ4n) is 1.83. The lowest BCUT2D eigenvalue weighted by molar-refractivity contribution is 0.372. The molecule has 0 radical (unpaired) electrons. The molecule has 0 atom stereocenters. The van der Waals surface area contributed by atoms with E-state index in [1.54, 1.807) is 0 Å². The lowest BCUT2D eigenvalue weighted by Gasteiger charge is -2.21. The maximum Gasteiger partial charge on any atom is 0.228 e. The Bertz CT molecular complexity index is 427. The van der Waals surface area contributed by atoms with Gasteiger partial charge in [0.2, 0.25) is 5.89 Å². The summed E-state index contributed by atoms with van der Waals surface area (Å²) in [5.74, 6) is 2.66. The van der Waals surface area contributed by atoms with Crippen molar-refractivity contribution in [3.63, 3.8) is 0 Å². The Morgan fingerprint density at radius 1 is 1.38 bits per heavy atom. The van der Waals surface area contributed by atoms with E-state index in [2.05, 4.69) is 60.1 Å². The number of aromatic nitrogens is 2. The van der Waals surface area contributed by atoms with Gasteiger partial charge in [0.1, 0.15) is 0 Å². The number of guanidine groups is 1. The van der Waals surface area contributed by atoms with Crippen LogP contribution in [0.4, 0.5) is 0 Å². The minimum absolute atomic E-state index is 0.295. The van der Waals surface area contributed by atoms with Gasteiger partial charge in [-0.15, -0.1) is 0 Å². The van der Waals surface area contributed by atoms with Crippen LogP contribution in [0, 0.1) is 0 Å². The summed E-state index contributed by atoms with van der Waals surface area (Å²) >= 11 is 0. The van der Waals surface area contributed by atoms with Gasteiger partial charge in [0, 0.05) is 32.5 Å². The summed E-state index contributed by atoms with van der Waals surface area (Å²) in [6, 6.07) is 0. The van der Waals surface area contributed by atoms with E-state index >= 15 is 0 Å². The first-order valence-electron chi connectivity index (χ1n) is 7.90. The van der Waals surface area contributed by atoms with Crippen LogP contribution in [0.25, 0.3) is 0 Å². The molecule has 0 aliphatic heterocycles. The van der Waals surface area contributed by atoms with Gasteiger partial charge in [-0.05, 0) is 13.3 Å². The van der Waals surface area contributed by atoms with Gasteiger partial charge in [-0.3, -0.25) is 4.99 Å². The minimum Gasteiger partial charge on any atom is -0.357 e. The zero-order chi connectivity index (χ0) is 15.7. The molecule has 0 spiro atoms. The van der Waals surface area contributed by atoms with Crippen LogP contribution < -0.4 is 5.32 Å². The van der Waals surface area contributed by atoms with E-state index in [0.29, 0.717) is 24.8 Å². The molecule has 1 heterocycles. The molecule has 0 saturated heterocycles. The van der Waals surface area contributed by atoms with Crippen molar-refractivity contribution >= 4 is 5.96 Å². The summed E-state index contributed by atoms with van der Waals surface area (Å²) in [4.78, 5) is 11.2. The van der Waals surface area contributed by atoms with Gasteiger partial charge in [-0.2, -0.15) is 4.98 Å². The monoisotopic (exact) mass is 295 g/mol. The number of nitrogens with one attached hydrogen (secondary N) is 1. The zero-order valence-electron chi connectivity index (χ0n) is 14.0. The predicted octanol–water partition coefficient (Wildman–Crippen LogP) is 2.43. The molecule has 0 fully saturated rings. The van der Waals surface area contributed by atoms with Crippen molar-refractivity contribution < 1.29 is 4.52 Å². The zero-order valence-corrected chi connectivity index (χ0v) is 14.0. The maximum absolute atomic E-state index is 5.23. The Hall–Kier alpha value is -1.59. The van der Waals surface area contributed by atoms with Gasteiger partial charge >= 0.3 is 0 Å². The number of nitrogens with zero attached hydrogens (tertiary/aromatic N) is 4. The van der Waals surface area contributed by atoms with Gasteiger partial charge in [0.25, 0.3) is 0 Å². The second-order valence-electron chi connectivity index (χ2n) is 5.46. The second-order valence-corrected chi connectivity index (χ2v) is 5.46. The van der Waals surface area contributed by atoms with Crippen molar-refractivity contribution in [2.45, 2.75) is 52.9 Å². The number of unbranched alkanes of at least 4 members (excludes halogenated alkanes) is 1. The Morgan fingerprint density at radius 3 is 2.71 bits per heavy atom. The molecule has 0 unspecified atom stereocenters. The fourth-order valence-corrected chi connectivity index (χ4v) is 1.83. The summed E-state index contributed by atoms with van der Waals surface area (Å²) < 4.78 is 5.23. The quantitative estimate of drug-likeness (QED) is 0.589. The van der Waals surface area contributed by atoms with Crippen molar-refractivity contribution in [3.8, 4) is 0 Å². The molecule has 21 heavy (non-hydrogen) atoms. The van der Waals surface area contributed by atoms with Gasteiger partial charge < -0.3 is 14.7 Å². The van der Waals surface area contributed by atoms with Crippen LogP contribution >= 0.6 is 0 Å². The molecule has 0 bridgehead atoms. The molecule has 0 aliphatic rings. The highest BCUT2D eigenvalue weighted by atomic mass is 16.5. The van der Waals surface area contributed by atoms with Crippen LogP contribution in [0.3, 0.4) is 0 Å². The third-order valence-corrected chi connectivity index (χ3v) is 3.13. The van der Waals surface area contributed by atoms with E-state index in [4.69, 9.17) is 4.52 Å². The van der Waals surface area contributed by atoms with E-state index in [1.807, 2.05) is 0 Å². The topological polar surface area (TPSA) is 66.5 Å². The smallest absolute Gasteiger partial charge is 0.228 e. The lowest BCUT2D eigenvalue weighted by Crippen LogP contribution is -2.39. The Kier molecular flexibility index (Phi) is 7.79. The summed E-state index contributed by atoms with van der Waals surface area (Å²) in [7, 11) is 2.07. The maximum atomic E-state index is 5.23. The number of hydrogen-bond acceptors (Lipinski definition) is 4. The van der Waals surface area contributed by atoms with E-state index < -0.39 is 0 Å². The van der Waals surface area contributed by atoms with Crippen LogP contribution in [0.5, 0.6) is 0 Å². The van der Waals surface area contributed by atoms with Crippen LogP contribution in [0.1, 0.15) is 58.2 Å². The van der Waals surface area contributed by atoms with Gasteiger partial charge in [0.05, 0.1) is 6.54 Å². The summed E-state index contributed by atoms with van der Waals surface area (Å²) in [5.41, 5.74) is 0. The first-order valence-corrected chi connectivity index (χ1v) is 7.90. The molecular formula is C15H29N5O. The van der Waals surface area contributed by atoms with Gasteiger partial charge in [-0.1, -0.05) is 32.3 Å². The highest BCUT2D eigenvalue weighted by Crippen LogP contribution is 2.09. The molecule has 1 aromatic heterocycles. The average Bonchev–Trinajstić information content (AvgIpc) is 2.93. The molecular weight excluding hydrogens is 266 g/mol. The SMILES string of the molecule is CCCCN(C)C(=NCCc1nc(C(C)C)no1)NCC. The van der Waals surface area contributed by atoms with E-state index in [9.17, 15) is 0 Å². The summed E-state index contributed by atoms with van der Waals surface area (Å²) in [6.45, 7) is 10.9. The van der Waals surface area contributed by atoms with E-state index in [-0.39, 0.29) is 0 Å². The van der Waals surface area contributed by atoms with Gasteiger partial charge in [-0.25, -0.2) is 0 Å². The summed E-state index contributed by atoms with van der Waals surface area (Å²) in [6.07, 6.45) is 3.03. The molecule has 0 aromatic carbocycles. The Morgan fingerprint density at radius 2 is 2.14 bits per heavy atom. The van der Waals surface area contributed by atoms with E-state index in [1.165, 1.54) is 12.8 Å². The first kappa shape index (κ1) is 17.5. The Labute approximate surface area is 128 Å². The van der Waals surface area contributed by atoms with Crippen molar-refractivity contribution in [1.82, 2.24) is 20.4 Å². The number of rotatable bonds is 8. The normalized spacial score (nSPS) is 12.0. The lowest BCUT2D eigenvalue weighted by atomic mass is 10.2. The molecule has 120 valence electrons. The number of aliphatic imine (C=N–C) groups is 1. The molecule has 6 nitrogen and oxygen atoms in total. The minimum atomic E-state index is 0.295. The third kappa shape index (κ3) is 6.14. The van der Waals surface area contributed by atoms with Crippen molar-refractivity contribution in [3.05, 3.63) is 11.7 Å². The van der Waals surface area contributed by atoms with Gasteiger partial charge in [0.15, 0.2) is 11.8 Å². The molecule has 6 heteroatoms. The van der Waals surface area contributed by atoms with Crippen LogP contribution in [-0.4, -0.2) is 47.7 Å². The molecule has 1 aromatic rings. The fraction of sp³-hybridized carbons (Fsp3) is 0.800. The van der Waals surface area contributed by atoms with Crippen LogP contribution in [-0.2, 0) is 6.42 Å². The second kappa shape index (κ2) is 9.37. The van der Waals surface area contributed by atoms with Crippen LogP contribution in [0.2, 0.25) is 0 Å². The van der Waals surface area contributed by atoms with Crippen molar-refractivity contribution in [2.24, 2.45) is 4.99 Å². The van der Waals surface area contributed by atoms with Crippen molar-refractivity contribution in [1.29, 1.82) is 0 Å². The Balaban J connectivity index is 2.52. The van der Waals surface area contributed by atoms with Crippen LogP contribution in [0.15, 0.2) is 9.52 Å². The number of hydrogen-bond donors (Lipinski definition) is 1. The molecule has 1 N–H and O–H groups in total. The predicted molar refractivity (Wildman–Crippen MR) is 85.6 cm³/mol. The summed E-state index contributed by atoms with van der Waals surface area (Å²) in [5, 5.41) is 7.28. The molecule has 0 aliphatic carbocycles. The molecule has 0 saturated carbocycles. The standard InChI is InChI=1S/C15H29N5O/c1-6-8-11-20(5)15(16-7-2)17-10-9-13-18-14(12(3)4)19-21-13/h12H,6-11H2,1-5H3,(H,16,17). The molecule has 1 rings (SSSR count). The molecule has 0 amide bonds. The first-order chi connectivity index (χ1) is 10.1. The largest absolute Gasteiger partial charge is 0.357 e. The average molecular weight is 295 g/mol.